The molecular formula is C18H22N2O2. The summed E-state index contributed by atoms with van der Waals surface area (Å²) in [6.07, 6.45) is 3.04. The van der Waals surface area contributed by atoms with Crippen molar-refractivity contribution in [2.75, 3.05) is 25.0 Å². The molecule has 1 aliphatic rings. The van der Waals surface area contributed by atoms with Gasteiger partial charge in [0.1, 0.15) is 0 Å². The lowest BCUT2D eigenvalue weighted by atomic mass is 10.1. The highest BCUT2D eigenvalue weighted by molar-refractivity contribution is 6.02. The first-order valence-corrected chi connectivity index (χ1v) is 7.90. The van der Waals surface area contributed by atoms with Crippen LogP contribution in [0, 0.1) is 0 Å². The number of benzene rings is 2. The Balaban J connectivity index is 1.67. The molecule has 0 radical (unpaired) electrons. The van der Waals surface area contributed by atoms with E-state index in [1.807, 2.05) is 42.5 Å². The lowest BCUT2D eigenvalue weighted by Gasteiger charge is -2.21. The molecule has 2 aromatic carbocycles. The molecule has 0 bridgehead atoms. The number of nitrogens with one attached hydrogen (secondary N) is 1. The van der Waals surface area contributed by atoms with Crippen LogP contribution in [-0.4, -0.2) is 41.7 Å². The van der Waals surface area contributed by atoms with Crippen LogP contribution < -0.4 is 5.32 Å². The molecule has 116 valence electrons. The molecule has 0 heterocycles. The van der Waals surface area contributed by atoms with E-state index in [0.29, 0.717) is 12.6 Å². The van der Waals surface area contributed by atoms with E-state index >= 15 is 0 Å². The fourth-order valence-corrected chi connectivity index (χ4v) is 2.81. The Labute approximate surface area is 130 Å². The molecule has 0 saturated heterocycles. The van der Waals surface area contributed by atoms with Gasteiger partial charge < -0.3 is 10.4 Å². The molecule has 0 atom stereocenters. The highest BCUT2D eigenvalue weighted by atomic mass is 16.3. The molecule has 2 N–H and O–H groups in total. The summed E-state index contributed by atoms with van der Waals surface area (Å²) < 4.78 is 0. The van der Waals surface area contributed by atoms with E-state index in [-0.39, 0.29) is 12.5 Å². The van der Waals surface area contributed by atoms with Crippen molar-refractivity contribution in [3.05, 3.63) is 42.5 Å². The van der Waals surface area contributed by atoms with E-state index in [1.54, 1.807) is 0 Å². The van der Waals surface area contributed by atoms with Crippen LogP contribution in [0.15, 0.2) is 42.5 Å². The Hall–Kier alpha value is -1.91. The molecular weight excluding hydrogens is 276 g/mol. The average molecular weight is 298 g/mol. The molecule has 1 aliphatic carbocycles. The largest absolute Gasteiger partial charge is 0.396 e. The highest BCUT2D eigenvalue weighted by Gasteiger charge is 2.29. The second-order valence-electron chi connectivity index (χ2n) is 5.85. The third-order valence-corrected chi connectivity index (χ3v) is 4.08. The minimum absolute atomic E-state index is 0.0150. The van der Waals surface area contributed by atoms with Crippen LogP contribution in [-0.2, 0) is 4.79 Å². The van der Waals surface area contributed by atoms with Crippen LogP contribution >= 0.6 is 0 Å². The lowest BCUT2D eigenvalue weighted by Crippen LogP contribution is -2.36. The Bertz CT molecular complexity index is 647. The summed E-state index contributed by atoms with van der Waals surface area (Å²) in [6, 6.07) is 14.5. The number of hydrogen-bond donors (Lipinski definition) is 2. The number of hydrogen-bond acceptors (Lipinski definition) is 3. The Morgan fingerprint density at radius 2 is 1.95 bits per heavy atom. The number of carbonyl (C=O) groups excluding carboxylic acids is 1. The van der Waals surface area contributed by atoms with Crippen molar-refractivity contribution in [2.45, 2.75) is 25.3 Å². The third kappa shape index (κ3) is 3.64. The maximum atomic E-state index is 12.3. The van der Waals surface area contributed by atoms with Crippen LogP contribution in [0.5, 0.6) is 0 Å². The third-order valence-electron chi connectivity index (χ3n) is 4.08. The quantitative estimate of drug-likeness (QED) is 0.826. The van der Waals surface area contributed by atoms with Gasteiger partial charge in [0, 0.05) is 30.3 Å². The number of fused-ring (bicyclic) bond motifs is 1. The van der Waals surface area contributed by atoms with E-state index in [4.69, 9.17) is 5.11 Å². The van der Waals surface area contributed by atoms with Crippen molar-refractivity contribution in [1.82, 2.24) is 4.90 Å². The summed E-state index contributed by atoms with van der Waals surface area (Å²) in [5.41, 5.74) is 0.862. The zero-order valence-electron chi connectivity index (χ0n) is 12.7. The molecule has 0 aliphatic heterocycles. The monoisotopic (exact) mass is 298 g/mol. The van der Waals surface area contributed by atoms with Crippen molar-refractivity contribution in [3.63, 3.8) is 0 Å². The molecule has 0 aromatic heterocycles. The van der Waals surface area contributed by atoms with Crippen LogP contribution in [0.4, 0.5) is 5.69 Å². The SMILES string of the molecule is O=C(CN(CCCO)C1CC1)Nc1cccc2ccccc12. The lowest BCUT2D eigenvalue weighted by molar-refractivity contribution is -0.117. The first-order chi connectivity index (χ1) is 10.8. The zero-order chi connectivity index (χ0) is 15.4. The van der Waals surface area contributed by atoms with Gasteiger partial charge in [-0.3, -0.25) is 9.69 Å². The number of aliphatic hydroxyl groups is 1. The Morgan fingerprint density at radius 3 is 2.73 bits per heavy atom. The fourth-order valence-electron chi connectivity index (χ4n) is 2.81. The maximum absolute atomic E-state index is 12.3. The Morgan fingerprint density at radius 1 is 1.18 bits per heavy atom. The first kappa shape index (κ1) is 15.0. The van der Waals surface area contributed by atoms with Gasteiger partial charge in [0.15, 0.2) is 0 Å². The van der Waals surface area contributed by atoms with Crippen molar-refractivity contribution in [3.8, 4) is 0 Å². The first-order valence-electron chi connectivity index (χ1n) is 7.90. The van der Waals surface area contributed by atoms with Crippen LogP contribution in [0.3, 0.4) is 0 Å². The van der Waals surface area contributed by atoms with Gasteiger partial charge >= 0.3 is 0 Å². The summed E-state index contributed by atoms with van der Waals surface area (Å²) in [7, 11) is 0. The average Bonchev–Trinajstić information content (AvgIpc) is 3.36. The van der Waals surface area contributed by atoms with Crippen LogP contribution in [0.25, 0.3) is 10.8 Å². The predicted octanol–water partition coefficient (Wildman–Crippen LogP) is 2.63. The van der Waals surface area contributed by atoms with Crippen molar-refractivity contribution in [1.29, 1.82) is 0 Å². The number of amides is 1. The van der Waals surface area contributed by atoms with Gasteiger partial charge in [0.2, 0.25) is 5.91 Å². The van der Waals surface area contributed by atoms with Crippen molar-refractivity contribution < 1.29 is 9.90 Å². The number of rotatable bonds is 7. The fraction of sp³-hybridized carbons (Fsp3) is 0.389. The molecule has 22 heavy (non-hydrogen) atoms. The second kappa shape index (κ2) is 6.90. The summed E-state index contributed by atoms with van der Waals surface area (Å²) >= 11 is 0. The van der Waals surface area contributed by atoms with E-state index in [2.05, 4.69) is 10.2 Å². The smallest absolute Gasteiger partial charge is 0.238 e. The van der Waals surface area contributed by atoms with Crippen molar-refractivity contribution in [2.24, 2.45) is 0 Å². The van der Waals surface area contributed by atoms with E-state index in [1.165, 1.54) is 0 Å². The predicted molar refractivity (Wildman–Crippen MR) is 88.9 cm³/mol. The number of anilines is 1. The molecule has 1 fully saturated rings. The van der Waals surface area contributed by atoms with E-state index in [9.17, 15) is 4.79 Å². The van der Waals surface area contributed by atoms with Gasteiger partial charge in [0.05, 0.1) is 6.54 Å². The summed E-state index contributed by atoms with van der Waals surface area (Å²) in [6.45, 7) is 1.35. The normalized spacial score (nSPS) is 14.5. The van der Waals surface area contributed by atoms with Gasteiger partial charge in [-0.05, 0) is 30.7 Å². The standard InChI is InChI=1S/C18H22N2O2/c21-12-4-11-20(15-9-10-15)13-18(22)19-17-8-3-6-14-5-1-2-7-16(14)17/h1-3,5-8,15,21H,4,9-13H2,(H,19,22). The molecule has 4 nitrogen and oxygen atoms in total. The van der Waals surface area contributed by atoms with Crippen molar-refractivity contribution >= 4 is 22.4 Å². The molecule has 4 heteroatoms. The Kier molecular flexibility index (Phi) is 4.71. The molecule has 0 unspecified atom stereocenters. The summed E-state index contributed by atoms with van der Waals surface area (Å²) in [5.74, 6) is 0.0150. The van der Waals surface area contributed by atoms with Crippen LogP contribution in [0.2, 0.25) is 0 Å². The zero-order valence-corrected chi connectivity index (χ0v) is 12.7. The van der Waals surface area contributed by atoms with Gasteiger partial charge in [-0.1, -0.05) is 36.4 Å². The highest BCUT2D eigenvalue weighted by Crippen LogP contribution is 2.27. The van der Waals surface area contributed by atoms with Gasteiger partial charge in [-0.2, -0.15) is 0 Å². The maximum Gasteiger partial charge on any atom is 0.238 e. The van der Waals surface area contributed by atoms with E-state index < -0.39 is 0 Å². The van der Waals surface area contributed by atoms with Crippen LogP contribution in [0.1, 0.15) is 19.3 Å². The molecule has 3 rings (SSSR count). The molecule has 1 saturated carbocycles. The summed E-state index contributed by atoms with van der Waals surface area (Å²) in [5, 5.41) is 14.2. The summed E-state index contributed by atoms with van der Waals surface area (Å²) in [4.78, 5) is 14.5. The van der Waals surface area contributed by atoms with Gasteiger partial charge in [0.25, 0.3) is 0 Å². The topological polar surface area (TPSA) is 52.6 Å². The van der Waals surface area contributed by atoms with E-state index in [0.717, 1.165) is 42.3 Å². The van der Waals surface area contributed by atoms with Gasteiger partial charge in [-0.25, -0.2) is 0 Å². The molecule has 0 spiro atoms. The number of carbonyl (C=O) groups is 1. The minimum Gasteiger partial charge on any atom is -0.396 e. The number of nitrogens with zero attached hydrogens (tertiary/aromatic N) is 1. The molecule has 2 aromatic rings. The number of aliphatic hydroxyl groups excluding tert-OH is 1. The van der Waals surface area contributed by atoms with Gasteiger partial charge in [-0.15, -0.1) is 0 Å². The second-order valence-corrected chi connectivity index (χ2v) is 5.85. The minimum atomic E-state index is 0.0150. The molecule has 1 amide bonds.